The fourth-order valence-corrected chi connectivity index (χ4v) is 12.9. The molecule has 0 spiro atoms. The van der Waals surface area contributed by atoms with Crippen LogP contribution in [-0.2, 0) is 14.3 Å². The maximum absolute atomic E-state index is 14.0. The van der Waals surface area contributed by atoms with Crippen LogP contribution in [0.1, 0.15) is 124 Å². The van der Waals surface area contributed by atoms with Gasteiger partial charge in [-0.3, -0.25) is 9.59 Å². The van der Waals surface area contributed by atoms with Gasteiger partial charge in [0.2, 0.25) is 5.82 Å². The Balaban J connectivity index is 1.33. The lowest BCUT2D eigenvalue weighted by Crippen LogP contribution is -2.69. The van der Waals surface area contributed by atoms with Crippen molar-refractivity contribution in [3.8, 4) is 0 Å². The summed E-state index contributed by atoms with van der Waals surface area (Å²) < 4.78 is 15.7. The van der Waals surface area contributed by atoms with Crippen LogP contribution in [0.25, 0.3) is 0 Å². The zero-order valence-corrected chi connectivity index (χ0v) is 35.0. The highest BCUT2D eigenvalue weighted by molar-refractivity contribution is 6.01. The molecular formula is C45H67N5O5. The molecule has 2 aromatic rings. The van der Waals surface area contributed by atoms with Gasteiger partial charge in [-0.25, -0.2) is 9.67 Å². The van der Waals surface area contributed by atoms with Gasteiger partial charge in [0.1, 0.15) is 6.33 Å². The van der Waals surface area contributed by atoms with E-state index in [0.29, 0.717) is 37.8 Å². The van der Waals surface area contributed by atoms with Crippen LogP contribution in [0.2, 0.25) is 0 Å². The van der Waals surface area contributed by atoms with E-state index >= 15 is 0 Å². The molecule has 1 aromatic carbocycles. The molecule has 5 aliphatic rings. The molecule has 7 rings (SSSR count). The first-order valence-corrected chi connectivity index (χ1v) is 20.9. The minimum atomic E-state index is -0.654. The molecule has 4 fully saturated rings. The lowest BCUT2D eigenvalue weighted by atomic mass is 9.34. The molecular weight excluding hydrogens is 691 g/mol. The first-order chi connectivity index (χ1) is 25.8. The van der Waals surface area contributed by atoms with Crippen LogP contribution in [-0.4, -0.2) is 63.2 Å². The van der Waals surface area contributed by atoms with Gasteiger partial charge < -0.3 is 25.6 Å². The Morgan fingerprint density at radius 1 is 1.05 bits per heavy atom. The normalized spacial score (nSPS) is 39.9. The van der Waals surface area contributed by atoms with Crippen molar-refractivity contribution < 1.29 is 24.2 Å². The molecule has 2 bridgehead atoms. The van der Waals surface area contributed by atoms with Crippen molar-refractivity contribution in [1.29, 1.82) is 0 Å². The zero-order valence-electron chi connectivity index (χ0n) is 35.0. The molecule has 10 nitrogen and oxygen atoms in total. The summed E-state index contributed by atoms with van der Waals surface area (Å²) in [5.41, 5.74) is 6.75. The number of allylic oxidation sites excluding steroid dienone is 1. The monoisotopic (exact) mass is 758 g/mol. The summed E-state index contributed by atoms with van der Waals surface area (Å²) in [6.45, 7) is 23.8. The van der Waals surface area contributed by atoms with Gasteiger partial charge in [-0.05, 0) is 103 Å². The van der Waals surface area contributed by atoms with E-state index in [1.165, 1.54) is 11.9 Å². The van der Waals surface area contributed by atoms with Crippen LogP contribution >= 0.6 is 0 Å². The van der Waals surface area contributed by atoms with E-state index in [-0.39, 0.29) is 63.8 Å². The molecule has 302 valence electrons. The molecule has 4 N–H and O–H groups in total. The molecule has 0 unspecified atom stereocenters. The van der Waals surface area contributed by atoms with E-state index in [0.717, 1.165) is 32.1 Å². The second-order valence-corrected chi connectivity index (χ2v) is 20.4. The van der Waals surface area contributed by atoms with Crippen molar-refractivity contribution in [2.75, 3.05) is 25.1 Å². The van der Waals surface area contributed by atoms with Crippen molar-refractivity contribution in [3.05, 3.63) is 54.1 Å². The molecule has 2 heterocycles. The second kappa shape index (κ2) is 13.8. The van der Waals surface area contributed by atoms with Crippen molar-refractivity contribution >= 4 is 17.6 Å². The van der Waals surface area contributed by atoms with Gasteiger partial charge in [0, 0.05) is 22.1 Å². The summed E-state index contributed by atoms with van der Waals surface area (Å²) in [7, 11) is 0. The SMILES string of the molecule is CC(C)[C@@H](C)[C@@]1(C)CC[C@]2(C)[C@H]3CC[C@@H]4[C@@]5(COC[C@@]4(C)[C@@H](OC[C@](C)(N)C(C)C)[C@H](n4ncnc4C(=O)Nc4ccccc4)C5)C3=CC[C@@]2(C)[C@@H]1C(=O)O. The van der Waals surface area contributed by atoms with Gasteiger partial charge in [-0.2, -0.15) is 5.10 Å². The van der Waals surface area contributed by atoms with Crippen LogP contribution in [0.4, 0.5) is 5.69 Å². The number of aliphatic carboxylic acids is 1. The van der Waals surface area contributed by atoms with E-state index in [4.69, 9.17) is 20.3 Å². The highest BCUT2D eigenvalue weighted by Gasteiger charge is 2.72. The average molecular weight is 758 g/mol. The summed E-state index contributed by atoms with van der Waals surface area (Å²) in [5, 5.41) is 19.0. The Hall–Kier alpha value is -3.08. The molecule has 0 radical (unpaired) electrons. The fraction of sp³-hybridized carbons (Fsp3) is 0.733. The first-order valence-electron chi connectivity index (χ1n) is 20.9. The number of hydrogen-bond donors (Lipinski definition) is 3. The number of hydrogen-bond acceptors (Lipinski definition) is 7. The van der Waals surface area contributed by atoms with Gasteiger partial charge in [-0.1, -0.05) is 92.2 Å². The third-order valence-electron chi connectivity index (χ3n) is 17.1. The minimum absolute atomic E-state index is 0.191. The number of carboxylic acids is 1. The van der Waals surface area contributed by atoms with Crippen molar-refractivity contribution in [1.82, 2.24) is 14.8 Å². The number of carbonyl (C=O) groups is 2. The Bertz CT molecular complexity index is 1810. The third-order valence-corrected chi connectivity index (χ3v) is 17.1. The lowest BCUT2D eigenvalue weighted by molar-refractivity contribution is -0.252. The summed E-state index contributed by atoms with van der Waals surface area (Å²) in [4.78, 5) is 32.1. The van der Waals surface area contributed by atoms with Crippen LogP contribution in [0.15, 0.2) is 48.3 Å². The highest BCUT2D eigenvalue weighted by atomic mass is 16.5. The van der Waals surface area contributed by atoms with E-state index in [1.807, 2.05) is 41.9 Å². The summed E-state index contributed by atoms with van der Waals surface area (Å²) in [5.74, 6) is 0.169. The van der Waals surface area contributed by atoms with Crippen LogP contribution < -0.4 is 11.1 Å². The summed E-state index contributed by atoms with van der Waals surface area (Å²) in [6, 6.07) is 9.12. The van der Waals surface area contributed by atoms with Gasteiger partial charge in [0.25, 0.3) is 5.91 Å². The van der Waals surface area contributed by atoms with E-state index < -0.39 is 28.3 Å². The Morgan fingerprint density at radius 3 is 2.42 bits per heavy atom. The summed E-state index contributed by atoms with van der Waals surface area (Å²) >= 11 is 0. The fourth-order valence-electron chi connectivity index (χ4n) is 12.9. The predicted molar refractivity (Wildman–Crippen MR) is 214 cm³/mol. The maximum Gasteiger partial charge on any atom is 0.307 e. The molecule has 10 heteroatoms. The number of benzene rings is 1. The lowest BCUT2D eigenvalue weighted by Gasteiger charge is -2.71. The van der Waals surface area contributed by atoms with Crippen LogP contribution in [0, 0.1) is 62.6 Å². The number of aromatic nitrogens is 3. The molecule has 3 saturated carbocycles. The number of carbonyl (C=O) groups excluding carboxylic acids is 1. The topological polar surface area (TPSA) is 142 Å². The van der Waals surface area contributed by atoms with Crippen LogP contribution in [0.3, 0.4) is 0 Å². The van der Waals surface area contributed by atoms with Gasteiger partial charge in [0.05, 0.1) is 37.9 Å². The molecule has 1 aromatic heterocycles. The number of fused-ring (bicyclic) bond motifs is 3. The number of para-hydroxylation sites is 1. The van der Waals surface area contributed by atoms with Crippen molar-refractivity contribution in [2.45, 2.75) is 125 Å². The Kier molecular flexibility index (Phi) is 10.1. The second-order valence-electron chi connectivity index (χ2n) is 20.4. The molecule has 1 saturated heterocycles. The molecule has 1 aliphatic heterocycles. The molecule has 1 amide bonds. The van der Waals surface area contributed by atoms with Crippen molar-refractivity contribution in [3.63, 3.8) is 0 Å². The highest BCUT2D eigenvalue weighted by Crippen LogP contribution is 2.75. The number of nitrogens with one attached hydrogen (secondary N) is 1. The smallest absolute Gasteiger partial charge is 0.307 e. The number of ether oxygens (including phenoxy) is 2. The standard InChI is InChI=1S/C45H67N5O5/c1-27(2)29(5)40(6)20-21-42(8)31-16-17-34-41(7)23-54-25-45(34,32(31)18-19-43(42,9)35(40)39(52)53)22-33(36(41)55-24-44(10,46)28(3)4)50-37(47-26-48-50)38(51)49-30-14-12-11-13-15-30/h11-15,18,26-29,31,33-36H,16-17,19-25,46H2,1-10H3,(H,49,51)(H,52,53)/t29-,31+,33-,34+,35-,36+,40-,41-,42-,43+,44+,45+/m1/s1. The average Bonchev–Trinajstić information content (AvgIpc) is 3.61. The van der Waals surface area contributed by atoms with Gasteiger partial charge in [0.15, 0.2) is 0 Å². The molecule has 12 atom stereocenters. The largest absolute Gasteiger partial charge is 0.481 e. The Labute approximate surface area is 328 Å². The number of nitrogens with zero attached hydrogens (tertiary/aromatic N) is 3. The van der Waals surface area contributed by atoms with E-state index in [9.17, 15) is 14.7 Å². The third kappa shape index (κ3) is 5.97. The molecule has 4 aliphatic carbocycles. The van der Waals surface area contributed by atoms with Crippen molar-refractivity contribution in [2.24, 2.45) is 68.3 Å². The van der Waals surface area contributed by atoms with Crippen LogP contribution in [0.5, 0.6) is 0 Å². The van der Waals surface area contributed by atoms with E-state index in [2.05, 4.69) is 78.7 Å². The number of carboxylic acid groups (broad SMARTS) is 1. The Morgan fingerprint density at radius 2 is 1.76 bits per heavy atom. The number of nitrogens with two attached hydrogens (primary N) is 1. The number of anilines is 1. The zero-order chi connectivity index (χ0) is 39.9. The first kappa shape index (κ1) is 40.1. The van der Waals surface area contributed by atoms with Gasteiger partial charge >= 0.3 is 5.97 Å². The van der Waals surface area contributed by atoms with E-state index in [1.54, 1.807) is 0 Å². The number of rotatable bonds is 10. The minimum Gasteiger partial charge on any atom is -0.481 e. The maximum atomic E-state index is 14.0. The quantitative estimate of drug-likeness (QED) is 0.205. The molecule has 55 heavy (non-hydrogen) atoms. The van der Waals surface area contributed by atoms with Gasteiger partial charge in [-0.15, -0.1) is 0 Å². The predicted octanol–water partition coefficient (Wildman–Crippen LogP) is 8.42. The number of amides is 1. The summed E-state index contributed by atoms with van der Waals surface area (Å²) in [6.07, 6.45) is 8.90.